The summed E-state index contributed by atoms with van der Waals surface area (Å²) in [6, 6.07) is 48.2. The van der Waals surface area contributed by atoms with Gasteiger partial charge < -0.3 is 4.57 Å². The highest BCUT2D eigenvalue weighted by Crippen LogP contribution is 2.42. The number of allylic oxidation sites excluding steroid dienone is 1. The third-order valence-corrected chi connectivity index (χ3v) is 11.6. The summed E-state index contributed by atoms with van der Waals surface area (Å²) >= 11 is 8.70. The number of rotatable bonds is 5. The predicted octanol–water partition coefficient (Wildman–Crippen LogP) is 9.97. The molecule has 0 saturated carbocycles. The van der Waals surface area contributed by atoms with Crippen LogP contribution in [-0.2, 0) is 6.42 Å². The first-order valence-corrected chi connectivity index (χ1v) is 18.9. The van der Waals surface area contributed by atoms with Crippen LogP contribution in [0.2, 0.25) is 0 Å². The first-order valence-electron chi connectivity index (χ1n) is 16.5. The minimum absolute atomic E-state index is 0.0243. The van der Waals surface area contributed by atoms with E-state index in [0.717, 1.165) is 71.6 Å². The molecule has 0 saturated heterocycles. The molecule has 3 heterocycles. The zero-order valence-corrected chi connectivity index (χ0v) is 30.8. The van der Waals surface area contributed by atoms with Gasteiger partial charge in [-0.1, -0.05) is 140 Å². The molecule has 2 aliphatic rings. The van der Waals surface area contributed by atoms with E-state index < -0.39 is 0 Å². The maximum atomic E-state index is 14.7. The largest absolute Gasteiger partial charge is 0.309 e. The van der Waals surface area contributed by atoms with Crippen molar-refractivity contribution in [2.75, 3.05) is 0 Å². The molecule has 0 bridgehead atoms. The second-order valence-corrected chi connectivity index (χ2v) is 15.4. The molecule has 0 fully saturated rings. The third-order valence-electron chi connectivity index (χ3n) is 9.58. The quantitative estimate of drug-likeness (QED) is 0.171. The number of nitrogens with zero attached hydrogens (tertiary/aromatic N) is 3. The molecule has 0 spiro atoms. The van der Waals surface area contributed by atoms with E-state index in [1.54, 1.807) is 0 Å². The molecule has 242 valence electrons. The van der Waals surface area contributed by atoms with Gasteiger partial charge in [-0.2, -0.15) is 0 Å². The van der Waals surface area contributed by atoms with Crippen molar-refractivity contribution in [1.29, 1.82) is 0 Å². The van der Waals surface area contributed by atoms with Gasteiger partial charge in [0.25, 0.3) is 5.56 Å². The Bertz CT molecular complexity index is 2620. The normalized spacial score (nSPS) is 15.3. The predicted molar refractivity (Wildman–Crippen MR) is 211 cm³/mol. The van der Waals surface area contributed by atoms with Crippen LogP contribution in [0.15, 0.2) is 164 Å². The van der Waals surface area contributed by atoms with E-state index in [1.165, 1.54) is 28.0 Å². The molecular formula is C43H29Br2N3OS. The van der Waals surface area contributed by atoms with E-state index in [-0.39, 0.29) is 11.6 Å². The molecule has 9 rings (SSSR count). The zero-order chi connectivity index (χ0) is 33.8. The average Bonchev–Trinajstić information content (AvgIpc) is 3.69. The summed E-state index contributed by atoms with van der Waals surface area (Å²) in [4.78, 5) is 20.7. The van der Waals surface area contributed by atoms with Crippen LogP contribution >= 0.6 is 43.2 Å². The maximum absolute atomic E-state index is 14.7. The van der Waals surface area contributed by atoms with Crippen LogP contribution in [0.1, 0.15) is 34.7 Å². The van der Waals surface area contributed by atoms with Crippen molar-refractivity contribution in [3.8, 4) is 28.2 Å². The Kier molecular flexibility index (Phi) is 7.99. The van der Waals surface area contributed by atoms with E-state index >= 15 is 0 Å². The molecule has 0 N–H and O–H groups in total. The second kappa shape index (κ2) is 12.8. The molecule has 7 heteroatoms. The van der Waals surface area contributed by atoms with E-state index in [1.807, 2.05) is 16.7 Å². The van der Waals surface area contributed by atoms with Crippen LogP contribution in [0.5, 0.6) is 0 Å². The molecule has 5 aromatic carbocycles. The smallest absolute Gasteiger partial charge is 0.271 e. The molecule has 0 amide bonds. The number of thiazole rings is 1. The van der Waals surface area contributed by atoms with Crippen molar-refractivity contribution in [2.45, 2.75) is 18.9 Å². The Labute approximate surface area is 310 Å². The highest BCUT2D eigenvalue weighted by Gasteiger charge is 2.32. The topological polar surface area (TPSA) is 39.3 Å². The van der Waals surface area contributed by atoms with Crippen molar-refractivity contribution in [3.63, 3.8) is 0 Å². The fourth-order valence-corrected chi connectivity index (χ4v) is 8.84. The maximum Gasteiger partial charge on any atom is 0.271 e. The van der Waals surface area contributed by atoms with Crippen LogP contribution in [0.25, 0.3) is 40.0 Å². The molecule has 2 aromatic heterocycles. The SMILES string of the molecule is O=c1/c(=C\c2cc(-c3ccccc3)n(-c3ccc(Br)cc3)c2-c2ccccc2)sc2n1[C@H](c1ccc(Br)cc1)C1=C(N=2)c2ccccc2CC1. The minimum atomic E-state index is -0.231. The van der Waals surface area contributed by atoms with Crippen molar-refractivity contribution in [2.24, 2.45) is 4.99 Å². The van der Waals surface area contributed by atoms with Crippen LogP contribution < -0.4 is 14.9 Å². The molecule has 50 heavy (non-hydrogen) atoms. The lowest BCUT2D eigenvalue weighted by Crippen LogP contribution is -2.38. The molecule has 7 aromatic rings. The second-order valence-electron chi connectivity index (χ2n) is 12.5. The summed E-state index contributed by atoms with van der Waals surface area (Å²) in [5.41, 5.74) is 12.0. The number of halogens is 2. The molecule has 1 aliphatic heterocycles. The Morgan fingerprint density at radius 1 is 0.720 bits per heavy atom. The van der Waals surface area contributed by atoms with Crippen LogP contribution in [0, 0.1) is 0 Å². The Morgan fingerprint density at radius 2 is 1.36 bits per heavy atom. The lowest BCUT2D eigenvalue weighted by molar-refractivity contribution is 0.585. The monoisotopic (exact) mass is 793 g/mol. The lowest BCUT2D eigenvalue weighted by Gasteiger charge is -2.30. The van der Waals surface area contributed by atoms with E-state index in [2.05, 4.69) is 170 Å². The fourth-order valence-electron chi connectivity index (χ4n) is 7.32. The fraction of sp³-hybridized carbons (Fsp3) is 0.0698. The third kappa shape index (κ3) is 5.41. The van der Waals surface area contributed by atoms with Gasteiger partial charge >= 0.3 is 0 Å². The summed E-state index contributed by atoms with van der Waals surface area (Å²) in [7, 11) is 0. The molecule has 0 radical (unpaired) electrons. The lowest BCUT2D eigenvalue weighted by atomic mass is 9.83. The van der Waals surface area contributed by atoms with Crippen molar-refractivity contribution >= 4 is 55.0 Å². The highest BCUT2D eigenvalue weighted by atomic mass is 79.9. The first kappa shape index (κ1) is 31.2. The molecule has 0 unspecified atom stereocenters. The van der Waals surface area contributed by atoms with E-state index in [4.69, 9.17) is 4.99 Å². The number of aromatic nitrogens is 2. The van der Waals surface area contributed by atoms with E-state index in [9.17, 15) is 4.79 Å². The number of hydrogen-bond acceptors (Lipinski definition) is 3. The van der Waals surface area contributed by atoms with Crippen LogP contribution in [-0.4, -0.2) is 9.13 Å². The number of benzene rings is 5. The van der Waals surface area contributed by atoms with Gasteiger partial charge in [-0.05, 0) is 89.2 Å². The number of hydrogen-bond donors (Lipinski definition) is 0. The van der Waals surface area contributed by atoms with Crippen molar-refractivity contribution < 1.29 is 0 Å². The standard InChI is InChI=1S/C43H29Br2N3OS/c44-32-18-15-30(16-19-32)41-36-24-17-27-9-7-8-14-35(27)39(36)46-43-48(41)42(49)38(50-43)26-31-25-37(28-10-3-1-4-11-28)47(34-22-20-33(45)21-23-34)40(31)29-12-5-2-6-13-29/h1-16,18-23,25-26,41H,17,24H2/b38-26+/t41-/m1/s1. The van der Waals surface area contributed by atoms with Gasteiger partial charge in [0.15, 0.2) is 4.80 Å². The summed E-state index contributed by atoms with van der Waals surface area (Å²) in [5, 5.41) is 0. The highest BCUT2D eigenvalue weighted by molar-refractivity contribution is 9.10. The van der Waals surface area contributed by atoms with Crippen LogP contribution in [0.3, 0.4) is 0 Å². The van der Waals surface area contributed by atoms with Crippen molar-refractivity contribution in [3.05, 3.63) is 196 Å². The molecule has 4 nitrogen and oxygen atoms in total. The average molecular weight is 796 g/mol. The molecule has 1 aliphatic carbocycles. The van der Waals surface area contributed by atoms with E-state index in [0.29, 0.717) is 4.53 Å². The Morgan fingerprint density at radius 3 is 2.08 bits per heavy atom. The Hall–Kier alpha value is -4.82. The molecule has 1 atom stereocenters. The summed E-state index contributed by atoms with van der Waals surface area (Å²) in [6.45, 7) is 0. The van der Waals surface area contributed by atoms with Crippen LogP contribution in [0.4, 0.5) is 0 Å². The summed E-state index contributed by atoms with van der Waals surface area (Å²) < 4.78 is 6.92. The van der Waals surface area contributed by atoms with Crippen molar-refractivity contribution in [1.82, 2.24) is 9.13 Å². The van der Waals surface area contributed by atoms with Gasteiger partial charge in [-0.25, -0.2) is 4.99 Å². The van der Waals surface area contributed by atoms with Gasteiger partial charge in [-0.15, -0.1) is 0 Å². The van der Waals surface area contributed by atoms with Gasteiger partial charge in [0.1, 0.15) is 0 Å². The Balaban J connectivity index is 1.32. The van der Waals surface area contributed by atoms with Gasteiger partial charge in [0.05, 0.1) is 27.7 Å². The first-order chi connectivity index (χ1) is 24.5. The van der Waals surface area contributed by atoms with Gasteiger partial charge in [0, 0.05) is 25.8 Å². The summed E-state index contributed by atoms with van der Waals surface area (Å²) in [5.74, 6) is 0. The zero-order valence-electron chi connectivity index (χ0n) is 26.8. The van der Waals surface area contributed by atoms with Gasteiger partial charge in [0.2, 0.25) is 0 Å². The molecular weight excluding hydrogens is 766 g/mol. The minimum Gasteiger partial charge on any atom is -0.309 e. The number of fused-ring (bicyclic) bond motifs is 3. The summed E-state index contributed by atoms with van der Waals surface area (Å²) in [6.07, 6.45) is 3.85. The van der Waals surface area contributed by atoms with Gasteiger partial charge in [-0.3, -0.25) is 9.36 Å². The number of aryl methyl sites for hydroxylation is 1.